The van der Waals surface area contributed by atoms with Gasteiger partial charge >= 0.3 is 0 Å². The van der Waals surface area contributed by atoms with Crippen LogP contribution in [0.15, 0.2) is 22.7 Å². The monoisotopic (exact) mass is 313 g/mol. The molecule has 0 saturated heterocycles. The molecule has 0 N–H and O–H groups in total. The number of halogens is 2. The highest BCUT2D eigenvalue weighted by Crippen LogP contribution is 2.32. The molecule has 1 aliphatic rings. The van der Waals surface area contributed by atoms with Crippen LogP contribution < -0.4 is 0 Å². The Bertz CT molecular complexity index is 445. The smallest absolute Gasteiger partial charge is 0.225 e. The van der Waals surface area contributed by atoms with Crippen LogP contribution in [0.1, 0.15) is 31.7 Å². The normalized spacial score (nSPS) is 14.6. The van der Waals surface area contributed by atoms with E-state index in [1.807, 2.05) is 11.8 Å². The van der Waals surface area contributed by atoms with E-state index in [0.29, 0.717) is 6.54 Å². The van der Waals surface area contributed by atoms with Gasteiger partial charge in [-0.3, -0.25) is 4.79 Å². The Morgan fingerprint density at radius 2 is 2.22 bits per heavy atom. The molecule has 0 heterocycles. The molecule has 1 aromatic carbocycles. The number of benzene rings is 1. The van der Waals surface area contributed by atoms with Crippen LogP contribution in [0.25, 0.3) is 0 Å². The molecule has 0 radical (unpaired) electrons. The van der Waals surface area contributed by atoms with Crippen LogP contribution >= 0.6 is 15.9 Å². The maximum Gasteiger partial charge on any atom is 0.225 e. The Balaban J connectivity index is 2.11. The number of hydrogen-bond donors (Lipinski definition) is 0. The summed E-state index contributed by atoms with van der Waals surface area (Å²) in [5.41, 5.74) is 0.831. The second kappa shape index (κ2) is 5.83. The Labute approximate surface area is 115 Å². The zero-order chi connectivity index (χ0) is 13.1. The second-order valence-corrected chi connectivity index (χ2v) is 5.62. The Morgan fingerprint density at radius 3 is 2.83 bits per heavy atom. The lowest BCUT2D eigenvalue weighted by Crippen LogP contribution is -2.32. The van der Waals surface area contributed by atoms with Crippen molar-refractivity contribution in [2.75, 3.05) is 6.54 Å². The van der Waals surface area contributed by atoms with E-state index in [9.17, 15) is 9.18 Å². The van der Waals surface area contributed by atoms with E-state index >= 15 is 0 Å². The molecule has 1 saturated carbocycles. The average Bonchev–Trinajstić information content (AvgIpc) is 3.16. The Morgan fingerprint density at radius 1 is 1.50 bits per heavy atom. The summed E-state index contributed by atoms with van der Waals surface area (Å²) in [6.45, 7) is 3.27. The SMILES string of the molecule is CCCN(Cc1cc(F)ccc1Br)C(=O)C1CC1. The quantitative estimate of drug-likeness (QED) is 0.811. The summed E-state index contributed by atoms with van der Waals surface area (Å²) in [4.78, 5) is 14.0. The number of carbonyl (C=O) groups excluding carboxylic acids is 1. The summed E-state index contributed by atoms with van der Waals surface area (Å²) in [5.74, 6) is 0.167. The van der Waals surface area contributed by atoms with Gasteiger partial charge in [0.2, 0.25) is 5.91 Å². The highest BCUT2D eigenvalue weighted by atomic mass is 79.9. The fraction of sp³-hybridized carbons (Fsp3) is 0.500. The summed E-state index contributed by atoms with van der Waals surface area (Å²) in [5, 5.41) is 0. The molecule has 1 fully saturated rings. The lowest BCUT2D eigenvalue weighted by atomic mass is 10.2. The van der Waals surface area contributed by atoms with E-state index in [1.165, 1.54) is 12.1 Å². The van der Waals surface area contributed by atoms with Gasteiger partial charge in [-0.2, -0.15) is 0 Å². The number of rotatable bonds is 5. The molecule has 18 heavy (non-hydrogen) atoms. The van der Waals surface area contributed by atoms with E-state index in [-0.39, 0.29) is 17.6 Å². The van der Waals surface area contributed by atoms with Crippen molar-refractivity contribution < 1.29 is 9.18 Å². The molecule has 1 aliphatic carbocycles. The molecule has 0 aliphatic heterocycles. The van der Waals surface area contributed by atoms with Crippen LogP contribution in [-0.4, -0.2) is 17.4 Å². The first-order valence-corrected chi connectivity index (χ1v) is 7.14. The van der Waals surface area contributed by atoms with Crippen molar-refractivity contribution in [2.45, 2.75) is 32.7 Å². The van der Waals surface area contributed by atoms with Gasteiger partial charge in [0.25, 0.3) is 0 Å². The number of hydrogen-bond acceptors (Lipinski definition) is 1. The van der Waals surface area contributed by atoms with Gasteiger partial charge in [0.15, 0.2) is 0 Å². The molecule has 1 aromatic rings. The third-order valence-electron chi connectivity index (χ3n) is 3.10. The molecule has 0 atom stereocenters. The number of nitrogens with zero attached hydrogens (tertiary/aromatic N) is 1. The first kappa shape index (κ1) is 13.5. The van der Waals surface area contributed by atoms with Crippen LogP contribution in [0, 0.1) is 11.7 Å². The number of carbonyl (C=O) groups is 1. The van der Waals surface area contributed by atoms with Gasteiger partial charge in [-0.1, -0.05) is 22.9 Å². The predicted octanol–water partition coefficient (Wildman–Crippen LogP) is 3.74. The van der Waals surface area contributed by atoms with Gasteiger partial charge in [0.1, 0.15) is 5.82 Å². The molecule has 0 unspecified atom stereocenters. The van der Waals surface area contributed by atoms with Crippen LogP contribution in [0.3, 0.4) is 0 Å². The van der Waals surface area contributed by atoms with Gasteiger partial charge in [-0.05, 0) is 43.0 Å². The predicted molar refractivity (Wildman–Crippen MR) is 72.5 cm³/mol. The lowest BCUT2D eigenvalue weighted by molar-refractivity contribution is -0.133. The van der Waals surface area contributed by atoms with Crippen molar-refractivity contribution in [3.63, 3.8) is 0 Å². The molecule has 98 valence electrons. The number of amides is 1. The van der Waals surface area contributed by atoms with E-state index in [2.05, 4.69) is 15.9 Å². The summed E-state index contributed by atoms with van der Waals surface area (Å²) < 4.78 is 14.1. The van der Waals surface area contributed by atoms with Crippen LogP contribution in [0.2, 0.25) is 0 Å². The van der Waals surface area contributed by atoms with E-state index < -0.39 is 0 Å². The average molecular weight is 314 g/mol. The highest BCUT2D eigenvalue weighted by Gasteiger charge is 2.33. The van der Waals surface area contributed by atoms with Crippen molar-refractivity contribution in [1.82, 2.24) is 4.90 Å². The molecule has 2 rings (SSSR count). The van der Waals surface area contributed by atoms with E-state index in [0.717, 1.165) is 35.8 Å². The first-order chi connectivity index (χ1) is 8.61. The minimum Gasteiger partial charge on any atom is -0.338 e. The van der Waals surface area contributed by atoms with Crippen molar-refractivity contribution >= 4 is 21.8 Å². The minimum absolute atomic E-state index is 0.212. The lowest BCUT2D eigenvalue weighted by Gasteiger charge is -2.23. The molecule has 0 spiro atoms. The third-order valence-corrected chi connectivity index (χ3v) is 3.87. The summed E-state index contributed by atoms with van der Waals surface area (Å²) >= 11 is 3.41. The van der Waals surface area contributed by atoms with Crippen LogP contribution in [0.5, 0.6) is 0 Å². The molecular formula is C14H17BrFNO. The Kier molecular flexibility index (Phi) is 4.38. The van der Waals surface area contributed by atoms with E-state index in [4.69, 9.17) is 0 Å². The standard InChI is InChI=1S/C14H17BrFNO/c1-2-7-17(14(18)10-3-4-10)9-11-8-12(16)5-6-13(11)15/h5-6,8,10H,2-4,7,9H2,1H3. The van der Waals surface area contributed by atoms with Gasteiger partial charge in [0.05, 0.1) is 0 Å². The topological polar surface area (TPSA) is 20.3 Å². The van der Waals surface area contributed by atoms with Crippen molar-refractivity contribution in [3.05, 3.63) is 34.1 Å². The van der Waals surface area contributed by atoms with Crippen LogP contribution in [-0.2, 0) is 11.3 Å². The third kappa shape index (κ3) is 3.31. The van der Waals surface area contributed by atoms with Crippen LogP contribution in [0.4, 0.5) is 4.39 Å². The maximum absolute atomic E-state index is 13.2. The van der Waals surface area contributed by atoms with Crippen molar-refractivity contribution in [3.8, 4) is 0 Å². The fourth-order valence-electron chi connectivity index (χ4n) is 2.00. The summed E-state index contributed by atoms with van der Waals surface area (Å²) in [7, 11) is 0. The van der Waals surface area contributed by atoms with E-state index in [1.54, 1.807) is 6.07 Å². The highest BCUT2D eigenvalue weighted by molar-refractivity contribution is 9.10. The zero-order valence-corrected chi connectivity index (χ0v) is 12.0. The van der Waals surface area contributed by atoms with Gasteiger partial charge in [-0.25, -0.2) is 4.39 Å². The summed E-state index contributed by atoms with van der Waals surface area (Å²) in [6.07, 6.45) is 2.93. The van der Waals surface area contributed by atoms with Crippen molar-refractivity contribution in [1.29, 1.82) is 0 Å². The van der Waals surface area contributed by atoms with Gasteiger partial charge in [-0.15, -0.1) is 0 Å². The molecule has 1 amide bonds. The molecule has 4 heteroatoms. The molecule has 0 bridgehead atoms. The summed E-state index contributed by atoms with van der Waals surface area (Å²) in [6, 6.07) is 4.60. The minimum atomic E-state index is -0.261. The molecule has 2 nitrogen and oxygen atoms in total. The zero-order valence-electron chi connectivity index (χ0n) is 10.5. The largest absolute Gasteiger partial charge is 0.338 e. The van der Waals surface area contributed by atoms with Gasteiger partial charge in [0, 0.05) is 23.5 Å². The second-order valence-electron chi connectivity index (χ2n) is 4.77. The fourth-order valence-corrected chi connectivity index (χ4v) is 2.37. The maximum atomic E-state index is 13.2. The van der Waals surface area contributed by atoms with Gasteiger partial charge < -0.3 is 4.90 Å². The van der Waals surface area contributed by atoms with Crippen molar-refractivity contribution in [2.24, 2.45) is 5.92 Å². The molecular weight excluding hydrogens is 297 g/mol. The molecule has 0 aromatic heterocycles. The Hall–Kier alpha value is -0.900. The first-order valence-electron chi connectivity index (χ1n) is 6.34.